The minimum Gasteiger partial charge on any atom is -0.385 e. The third-order valence-corrected chi connectivity index (χ3v) is 8.27. The number of halogens is 4. The van der Waals surface area contributed by atoms with E-state index in [1.54, 1.807) is 18.2 Å². The van der Waals surface area contributed by atoms with Gasteiger partial charge in [0.1, 0.15) is 11.9 Å². The van der Waals surface area contributed by atoms with E-state index >= 15 is 0 Å². The number of hydrogen-bond acceptors (Lipinski definition) is 9. The lowest BCUT2D eigenvalue weighted by Gasteiger charge is -2.27. The monoisotopic (exact) mass is 778 g/mol. The van der Waals surface area contributed by atoms with Crippen molar-refractivity contribution in [2.45, 2.75) is 31.7 Å². The quantitative estimate of drug-likeness (QED) is 0.0707. The predicted octanol–water partition coefficient (Wildman–Crippen LogP) is 4.00. The lowest BCUT2D eigenvalue weighted by molar-refractivity contribution is -0.136. The molecule has 252 valence electrons. The summed E-state index contributed by atoms with van der Waals surface area (Å²) in [7, 11) is 0. The SMILES string of the molecule is O=C1CCC(N2C(=O)c3ccc(NCCCNCCCONC(=O)c4ccc(F)c(F)c4Nc4ccc(I)cc4F)cc3C2=O)C(=O)N1. The molecule has 0 bridgehead atoms. The number of amides is 5. The van der Waals surface area contributed by atoms with Gasteiger partial charge in [-0.3, -0.25) is 39.0 Å². The lowest BCUT2D eigenvalue weighted by atomic mass is 10.0. The first kappa shape index (κ1) is 34.8. The van der Waals surface area contributed by atoms with Crippen molar-refractivity contribution >= 4 is 69.2 Å². The normalized spacial score (nSPS) is 15.8. The highest BCUT2D eigenvalue weighted by Gasteiger charge is 2.44. The Kier molecular flexibility index (Phi) is 11.3. The number of hydrogen-bond donors (Lipinski definition) is 5. The number of rotatable bonds is 14. The van der Waals surface area contributed by atoms with Crippen LogP contribution in [0.25, 0.3) is 0 Å². The van der Waals surface area contributed by atoms with Gasteiger partial charge in [-0.1, -0.05) is 0 Å². The summed E-state index contributed by atoms with van der Waals surface area (Å²) in [6, 6.07) is 9.74. The maximum atomic E-state index is 14.6. The smallest absolute Gasteiger partial charge is 0.277 e. The molecule has 5 rings (SSSR count). The summed E-state index contributed by atoms with van der Waals surface area (Å²) in [5.74, 6) is -6.33. The van der Waals surface area contributed by atoms with Crippen LogP contribution < -0.4 is 26.7 Å². The van der Waals surface area contributed by atoms with Crippen molar-refractivity contribution in [1.29, 1.82) is 0 Å². The molecule has 5 amide bonds. The molecule has 0 aromatic heterocycles. The van der Waals surface area contributed by atoms with Gasteiger partial charge in [0.2, 0.25) is 11.8 Å². The molecule has 1 saturated heterocycles. The number of piperidine rings is 1. The Hall–Kier alpha value is -4.55. The van der Waals surface area contributed by atoms with Gasteiger partial charge in [0.25, 0.3) is 17.7 Å². The number of imide groups is 2. The van der Waals surface area contributed by atoms with Crippen molar-refractivity contribution in [2.75, 3.05) is 36.9 Å². The third kappa shape index (κ3) is 7.94. The number of hydroxylamine groups is 1. The highest BCUT2D eigenvalue weighted by molar-refractivity contribution is 14.1. The molecule has 1 atom stereocenters. The maximum Gasteiger partial charge on any atom is 0.277 e. The Balaban J connectivity index is 0.999. The van der Waals surface area contributed by atoms with E-state index in [1.807, 2.05) is 22.6 Å². The van der Waals surface area contributed by atoms with Crippen LogP contribution in [-0.4, -0.2) is 66.7 Å². The number of carbonyl (C=O) groups is 5. The number of nitrogens with zero attached hydrogens (tertiary/aromatic N) is 1. The zero-order valence-corrected chi connectivity index (χ0v) is 27.4. The maximum absolute atomic E-state index is 14.6. The standard InChI is InChI=1S/C32H30F3IN6O6/c33-22-7-6-20(28(27(22)35)39-24-8-3-17(36)15-23(24)34)29(44)41-48-14-2-12-37-11-1-13-38-18-4-5-19-21(16-18)32(47)42(31(19)46)25-9-10-26(43)40-30(25)45/h3-8,15-16,25,37-39H,1-2,9-14H2,(H,41,44)(H,40,43,45). The summed E-state index contributed by atoms with van der Waals surface area (Å²) in [5.41, 5.74) is 2.29. The number of benzene rings is 3. The largest absolute Gasteiger partial charge is 0.385 e. The lowest BCUT2D eigenvalue weighted by Crippen LogP contribution is -2.54. The highest BCUT2D eigenvalue weighted by atomic mass is 127. The minimum absolute atomic E-state index is 0.0477. The predicted molar refractivity (Wildman–Crippen MR) is 176 cm³/mol. The van der Waals surface area contributed by atoms with Gasteiger partial charge in [0.15, 0.2) is 11.6 Å². The summed E-state index contributed by atoms with van der Waals surface area (Å²) in [6.07, 6.45) is 1.35. The second kappa shape index (κ2) is 15.6. The average Bonchev–Trinajstić information content (AvgIpc) is 3.29. The molecule has 2 heterocycles. The molecule has 1 unspecified atom stereocenters. The molecule has 0 spiro atoms. The van der Waals surface area contributed by atoms with E-state index in [0.29, 0.717) is 41.7 Å². The van der Waals surface area contributed by atoms with Gasteiger partial charge < -0.3 is 16.0 Å². The number of nitrogens with one attached hydrogen (secondary N) is 5. The molecule has 1 fully saturated rings. The van der Waals surface area contributed by atoms with Crippen LogP contribution in [-0.2, 0) is 14.4 Å². The van der Waals surface area contributed by atoms with Crippen LogP contribution in [0.2, 0.25) is 0 Å². The highest BCUT2D eigenvalue weighted by Crippen LogP contribution is 2.30. The van der Waals surface area contributed by atoms with E-state index in [4.69, 9.17) is 4.84 Å². The first-order valence-electron chi connectivity index (χ1n) is 15.0. The van der Waals surface area contributed by atoms with Crippen molar-refractivity contribution in [3.63, 3.8) is 0 Å². The van der Waals surface area contributed by atoms with Crippen molar-refractivity contribution in [2.24, 2.45) is 0 Å². The molecule has 0 aliphatic carbocycles. The van der Waals surface area contributed by atoms with Crippen molar-refractivity contribution in [3.05, 3.63) is 86.2 Å². The fraction of sp³-hybridized carbons (Fsp3) is 0.281. The van der Waals surface area contributed by atoms with E-state index in [0.717, 1.165) is 17.0 Å². The van der Waals surface area contributed by atoms with Gasteiger partial charge in [-0.25, -0.2) is 18.7 Å². The fourth-order valence-corrected chi connectivity index (χ4v) is 5.63. The zero-order chi connectivity index (χ0) is 34.4. The summed E-state index contributed by atoms with van der Waals surface area (Å²) >= 11 is 1.91. The van der Waals surface area contributed by atoms with Crippen LogP contribution in [0.15, 0.2) is 48.5 Å². The average molecular weight is 779 g/mol. The second-order valence-electron chi connectivity index (χ2n) is 10.9. The van der Waals surface area contributed by atoms with E-state index in [1.165, 1.54) is 18.2 Å². The Morgan fingerprint density at radius 3 is 2.46 bits per heavy atom. The molecule has 0 saturated carbocycles. The molecular weight excluding hydrogens is 748 g/mol. The van der Waals surface area contributed by atoms with Crippen LogP contribution >= 0.6 is 22.6 Å². The Bertz CT molecular complexity index is 1780. The molecular formula is C32H30F3IN6O6. The summed E-state index contributed by atoms with van der Waals surface area (Å²) in [6.45, 7) is 1.84. The first-order valence-corrected chi connectivity index (χ1v) is 16.1. The second-order valence-corrected chi connectivity index (χ2v) is 12.1. The van der Waals surface area contributed by atoms with Gasteiger partial charge in [0.05, 0.1) is 34.7 Å². The zero-order valence-electron chi connectivity index (χ0n) is 25.3. The fourth-order valence-electron chi connectivity index (χ4n) is 5.18. The summed E-state index contributed by atoms with van der Waals surface area (Å²) in [5, 5.41) is 11.0. The Morgan fingerprint density at radius 2 is 1.69 bits per heavy atom. The van der Waals surface area contributed by atoms with Crippen molar-refractivity contribution in [3.8, 4) is 0 Å². The van der Waals surface area contributed by atoms with Crippen LogP contribution in [0, 0.1) is 21.0 Å². The van der Waals surface area contributed by atoms with E-state index < -0.39 is 58.7 Å². The molecule has 3 aromatic rings. The number of anilines is 3. The number of carbonyl (C=O) groups excluding carboxylic acids is 5. The topological polar surface area (TPSA) is 158 Å². The molecule has 0 radical (unpaired) electrons. The van der Waals surface area contributed by atoms with Crippen LogP contribution in [0.4, 0.5) is 30.2 Å². The molecule has 2 aliphatic rings. The van der Waals surface area contributed by atoms with Gasteiger partial charge in [-0.05, 0) is 103 Å². The summed E-state index contributed by atoms with van der Waals surface area (Å²) < 4.78 is 43.4. The molecule has 2 aliphatic heterocycles. The van der Waals surface area contributed by atoms with E-state index in [9.17, 15) is 37.1 Å². The third-order valence-electron chi connectivity index (χ3n) is 7.59. The van der Waals surface area contributed by atoms with E-state index in [2.05, 4.69) is 26.7 Å². The van der Waals surface area contributed by atoms with Gasteiger partial charge >= 0.3 is 0 Å². The molecule has 3 aromatic carbocycles. The Morgan fingerprint density at radius 1 is 0.917 bits per heavy atom. The van der Waals surface area contributed by atoms with E-state index in [-0.39, 0.29) is 41.8 Å². The first-order chi connectivity index (χ1) is 23.0. The van der Waals surface area contributed by atoms with Gasteiger partial charge in [-0.15, -0.1) is 0 Å². The van der Waals surface area contributed by atoms with Gasteiger partial charge in [0, 0.05) is 22.2 Å². The minimum atomic E-state index is -1.34. The molecule has 12 nitrogen and oxygen atoms in total. The molecule has 5 N–H and O–H groups in total. The molecule has 48 heavy (non-hydrogen) atoms. The van der Waals surface area contributed by atoms with Crippen LogP contribution in [0.3, 0.4) is 0 Å². The molecule has 16 heteroatoms. The summed E-state index contributed by atoms with van der Waals surface area (Å²) in [4.78, 5) is 68.2. The Labute approximate surface area is 286 Å². The van der Waals surface area contributed by atoms with Crippen LogP contribution in [0.1, 0.15) is 56.8 Å². The van der Waals surface area contributed by atoms with Crippen molar-refractivity contribution in [1.82, 2.24) is 21.0 Å². The van der Waals surface area contributed by atoms with Crippen LogP contribution in [0.5, 0.6) is 0 Å². The van der Waals surface area contributed by atoms with Gasteiger partial charge in [-0.2, -0.15) is 0 Å². The van der Waals surface area contributed by atoms with Crippen molar-refractivity contribution < 1.29 is 42.0 Å². The number of fused-ring (bicyclic) bond motifs is 1.